The van der Waals surface area contributed by atoms with Crippen LogP contribution in [0, 0.1) is 0 Å². The van der Waals surface area contributed by atoms with Crippen molar-refractivity contribution >= 4 is 11.3 Å². The SMILES string of the molecule is CCCCCCC(CCCCC)c1ccsc1. The lowest BCUT2D eigenvalue weighted by atomic mass is 9.90. The zero-order valence-electron chi connectivity index (χ0n) is 11.6. The zero-order valence-corrected chi connectivity index (χ0v) is 12.4. The highest BCUT2D eigenvalue weighted by Gasteiger charge is 2.11. The van der Waals surface area contributed by atoms with E-state index < -0.39 is 0 Å². The van der Waals surface area contributed by atoms with Crippen molar-refractivity contribution in [3.63, 3.8) is 0 Å². The molecule has 0 nitrogen and oxygen atoms in total. The molecule has 0 amide bonds. The normalized spacial score (nSPS) is 12.8. The van der Waals surface area contributed by atoms with Crippen LogP contribution in [0.3, 0.4) is 0 Å². The molecule has 0 saturated heterocycles. The van der Waals surface area contributed by atoms with E-state index >= 15 is 0 Å². The van der Waals surface area contributed by atoms with E-state index in [1.54, 1.807) is 5.56 Å². The Morgan fingerprint density at radius 1 is 0.941 bits per heavy atom. The molecule has 0 N–H and O–H groups in total. The lowest BCUT2D eigenvalue weighted by molar-refractivity contribution is 0.502. The van der Waals surface area contributed by atoms with Crippen LogP contribution in [0.4, 0.5) is 0 Å². The van der Waals surface area contributed by atoms with Gasteiger partial charge < -0.3 is 0 Å². The highest BCUT2D eigenvalue weighted by Crippen LogP contribution is 2.29. The van der Waals surface area contributed by atoms with Gasteiger partial charge in [0.15, 0.2) is 0 Å². The van der Waals surface area contributed by atoms with Gasteiger partial charge in [-0.15, -0.1) is 0 Å². The second-order valence-electron chi connectivity index (χ2n) is 5.10. The van der Waals surface area contributed by atoms with E-state index in [1.165, 1.54) is 57.8 Å². The Morgan fingerprint density at radius 3 is 2.18 bits per heavy atom. The first kappa shape index (κ1) is 14.8. The molecule has 0 aromatic carbocycles. The van der Waals surface area contributed by atoms with E-state index in [4.69, 9.17) is 0 Å². The van der Waals surface area contributed by atoms with Crippen LogP contribution in [0.15, 0.2) is 16.8 Å². The Balaban J connectivity index is 2.31. The smallest absolute Gasteiger partial charge is 0.00584 e. The van der Waals surface area contributed by atoms with E-state index in [9.17, 15) is 0 Å². The Kier molecular flexibility index (Phi) is 8.42. The first-order chi connectivity index (χ1) is 8.38. The summed E-state index contributed by atoms with van der Waals surface area (Å²) in [5.41, 5.74) is 1.60. The summed E-state index contributed by atoms with van der Waals surface area (Å²) in [5, 5.41) is 4.59. The molecule has 1 rings (SSSR count). The maximum atomic E-state index is 2.36. The van der Waals surface area contributed by atoms with Crippen molar-refractivity contribution in [3.8, 4) is 0 Å². The average molecular weight is 252 g/mol. The summed E-state index contributed by atoms with van der Waals surface area (Å²) in [6.07, 6.45) is 12.5. The average Bonchev–Trinajstić information content (AvgIpc) is 2.86. The standard InChI is InChI=1S/C16H28S/c1-3-5-7-9-11-15(10-8-6-4-2)16-12-13-17-14-16/h12-15H,3-11H2,1-2H3. The van der Waals surface area contributed by atoms with E-state index in [-0.39, 0.29) is 0 Å². The number of rotatable bonds is 10. The Labute approximate surface area is 111 Å². The minimum atomic E-state index is 0.838. The predicted molar refractivity (Wildman–Crippen MR) is 80.0 cm³/mol. The van der Waals surface area contributed by atoms with E-state index in [1.807, 2.05) is 11.3 Å². The third kappa shape index (κ3) is 6.26. The first-order valence-electron chi connectivity index (χ1n) is 7.40. The summed E-state index contributed by atoms with van der Waals surface area (Å²) < 4.78 is 0. The second kappa shape index (κ2) is 9.70. The minimum absolute atomic E-state index is 0.838. The van der Waals surface area contributed by atoms with Crippen LogP contribution in [-0.2, 0) is 0 Å². The van der Waals surface area contributed by atoms with Crippen molar-refractivity contribution < 1.29 is 0 Å². The summed E-state index contributed by atoms with van der Waals surface area (Å²) in [6, 6.07) is 2.33. The highest BCUT2D eigenvalue weighted by molar-refractivity contribution is 7.07. The minimum Gasteiger partial charge on any atom is -0.152 e. The molecule has 0 aliphatic heterocycles. The predicted octanol–water partition coefficient (Wildman–Crippen LogP) is 6.38. The fourth-order valence-electron chi connectivity index (χ4n) is 2.44. The first-order valence-corrected chi connectivity index (χ1v) is 8.34. The molecule has 1 aromatic rings. The Morgan fingerprint density at radius 2 is 1.59 bits per heavy atom. The van der Waals surface area contributed by atoms with Crippen LogP contribution in [-0.4, -0.2) is 0 Å². The van der Waals surface area contributed by atoms with Gasteiger partial charge in [0.05, 0.1) is 0 Å². The van der Waals surface area contributed by atoms with Crippen LogP contribution in [0.25, 0.3) is 0 Å². The topological polar surface area (TPSA) is 0 Å². The summed E-state index contributed by atoms with van der Waals surface area (Å²) in [6.45, 7) is 4.58. The summed E-state index contributed by atoms with van der Waals surface area (Å²) in [5.74, 6) is 0.838. The van der Waals surface area contributed by atoms with Crippen molar-refractivity contribution in [2.45, 2.75) is 77.6 Å². The molecule has 1 unspecified atom stereocenters. The summed E-state index contributed by atoms with van der Waals surface area (Å²) >= 11 is 1.85. The molecular weight excluding hydrogens is 224 g/mol. The van der Waals surface area contributed by atoms with Gasteiger partial charge in [0, 0.05) is 0 Å². The van der Waals surface area contributed by atoms with Crippen molar-refractivity contribution in [2.24, 2.45) is 0 Å². The van der Waals surface area contributed by atoms with Gasteiger partial charge in [-0.3, -0.25) is 0 Å². The third-order valence-electron chi connectivity index (χ3n) is 3.58. The van der Waals surface area contributed by atoms with Crippen LogP contribution in [0.1, 0.15) is 83.1 Å². The molecule has 1 aromatic heterocycles. The Bertz CT molecular complexity index is 250. The second-order valence-corrected chi connectivity index (χ2v) is 5.88. The largest absolute Gasteiger partial charge is 0.152 e. The van der Waals surface area contributed by atoms with Gasteiger partial charge in [-0.25, -0.2) is 0 Å². The van der Waals surface area contributed by atoms with Gasteiger partial charge in [0.1, 0.15) is 0 Å². The van der Waals surface area contributed by atoms with E-state index in [0.29, 0.717) is 0 Å². The molecule has 98 valence electrons. The molecule has 1 heterocycles. The van der Waals surface area contributed by atoms with E-state index in [2.05, 4.69) is 30.7 Å². The van der Waals surface area contributed by atoms with Crippen LogP contribution in [0.5, 0.6) is 0 Å². The number of hydrogen-bond donors (Lipinski definition) is 0. The maximum Gasteiger partial charge on any atom is -0.00584 e. The monoisotopic (exact) mass is 252 g/mol. The van der Waals surface area contributed by atoms with Crippen LogP contribution < -0.4 is 0 Å². The van der Waals surface area contributed by atoms with Gasteiger partial charge >= 0.3 is 0 Å². The van der Waals surface area contributed by atoms with Gasteiger partial charge in [0.2, 0.25) is 0 Å². The number of thiophene rings is 1. The Hall–Kier alpha value is -0.300. The third-order valence-corrected chi connectivity index (χ3v) is 4.28. The molecule has 0 radical (unpaired) electrons. The molecule has 0 aliphatic rings. The number of unbranched alkanes of at least 4 members (excludes halogenated alkanes) is 5. The lowest BCUT2D eigenvalue weighted by Crippen LogP contribution is -1.98. The maximum absolute atomic E-state index is 2.36. The molecule has 0 saturated carbocycles. The molecule has 0 spiro atoms. The van der Waals surface area contributed by atoms with E-state index in [0.717, 1.165) is 5.92 Å². The van der Waals surface area contributed by atoms with Gasteiger partial charge in [0.25, 0.3) is 0 Å². The zero-order chi connectivity index (χ0) is 12.3. The fraction of sp³-hybridized carbons (Fsp3) is 0.750. The number of hydrogen-bond acceptors (Lipinski definition) is 1. The molecule has 1 atom stereocenters. The molecule has 17 heavy (non-hydrogen) atoms. The van der Waals surface area contributed by atoms with Gasteiger partial charge in [-0.1, -0.05) is 58.8 Å². The highest BCUT2D eigenvalue weighted by atomic mass is 32.1. The lowest BCUT2D eigenvalue weighted by Gasteiger charge is -2.15. The summed E-state index contributed by atoms with van der Waals surface area (Å²) in [7, 11) is 0. The van der Waals surface area contributed by atoms with Crippen molar-refractivity contribution in [1.29, 1.82) is 0 Å². The quantitative estimate of drug-likeness (QED) is 0.424. The van der Waals surface area contributed by atoms with Gasteiger partial charge in [-0.05, 0) is 41.1 Å². The van der Waals surface area contributed by atoms with Crippen LogP contribution >= 0.6 is 11.3 Å². The molecule has 0 bridgehead atoms. The van der Waals surface area contributed by atoms with Gasteiger partial charge in [-0.2, -0.15) is 11.3 Å². The van der Waals surface area contributed by atoms with Crippen molar-refractivity contribution in [3.05, 3.63) is 22.4 Å². The van der Waals surface area contributed by atoms with Crippen molar-refractivity contribution in [2.75, 3.05) is 0 Å². The van der Waals surface area contributed by atoms with Crippen molar-refractivity contribution in [1.82, 2.24) is 0 Å². The summed E-state index contributed by atoms with van der Waals surface area (Å²) in [4.78, 5) is 0. The van der Waals surface area contributed by atoms with Crippen LogP contribution in [0.2, 0.25) is 0 Å². The molecule has 0 fully saturated rings. The molecule has 1 heteroatoms. The molecule has 0 aliphatic carbocycles. The molecular formula is C16H28S. The fourth-order valence-corrected chi connectivity index (χ4v) is 3.19.